The van der Waals surface area contributed by atoms with E-state index in [1.165, 1.54) is 13.0 Å². The van der Waals surface area contributed by atoms with E-state index in [0.717, 1.165) is 11.8 Å². The first-order chi connectivity index (χ1) is 9.54. The van der Waals surface area contributed by atoms with Gasteiger partial charge in [0.15, 0.2) is 0 Å². The Labute approximate surface area is 118 Å². The third-order valence-corrected chi connectivity index (χ3v) is 3.29. The van der Waals surface area contributed by atoms with E-state index >= 15 is 0 Å². The van der Waals surface area contributed by atoms with Crippen LogP contribution in [-0.4, -0.2) is 10.8 Å². The molecule has 0 aliphatic rings. The fourth-order valence-corrected chi connectivity index (χ4v) is 2.49. The summed E-state index contributed by atoms with van der Waals surface area (Å²) in [4.78, 5) is 22.3. The molecule has 0 aliphatic carbocycles. The van der Waals surface area contributed by atoms with Gasteiger partial charge in [-0.3, -0.25) is 14.9 Å². The van der Waals surface area contributed by atoms with Gasteiger partial charge in [-0.15, -0.1) is 0 Å². The monoisotopic (exact) mass is 287 g/mol. The number of nitro groups is 1. The molecular formula is C13H9N3O3S. The summed E-state index contributed by atoms with van der Waals surface area (Å²) in [6.07, 6.45) is 0. The lowest BCUT2D eigenvalue weighted by Gasteiger charge is -2.09. The third-order valence-electron chi connectivity index (χ3n) is 2.64. The van der Waals surface area contributed by atoms with Gasteiger partial charge in [0.25, 0.3) is 5.69 Å². The maximum Gasteiger partial charge on any atom is 0.278 e. The fourth-order valence-electron chi connectivity index (χ4n) is 1.94. The summed E-state index contributed by atoms with van der Waals surface area (Å²) < 4.78 is 0. The molecule has 7 heteroatoms. The normalized spacial score (nSPS) is 10.0. The van der Waals surface area contributed by atoms with Crippen LogP contribution in [0.15, 0.2) is 35.2 Å². The second-order valence-electron chi connectivity index (χ2n) is 3.94. The summed E-state index contributed by atoms with van der Waals surface area (Å²) in [6, 6.07) is 7.82. The summed E-state index contributed by atoms with van der Waals surface area (Å²) in [5.41, 5.74) is 0.394. The smallest absolute Gasteiger partial charge is 0.278 e. The van der Waals surface area contributed by atoms with E-state index in [4.69, 9.17) is 5.26 Å². The lowest BCUT2D eigenvalue weighted by molar-refractivity contribution is -0.383. The highest BCUT2D eigenvalue weighted by molar-refractivity contribution is 8.04. The lowest BCUT2D eigenvalue weighted by Crippen LogP contribution is -2.06. The standard InChI is InChI=1S/C13H9N3O3S/c1-8(17)15-10-5-6-12(20-7-14)13-9(10)3-2-4-11(13)16(18)19/h2-6H,1H3,(H,15,17). The minimum absolute atomic E-state index is 0.0903. The summed E-state index contributed by atoms with van der Waals surface area (Å²) in [6.45, 7) is 1.36. The van der Waals surface area contributed by atoms with Crippen molar-refractivity contribution in [3.8, 4) is 5.40 Å². The Morgan fingerprint density at radius 1 is 1.40 bits per heavy atom. The fraction of sp³-hybridized carbons (Fsp3) is 0.0769. The molecule has 0 radical (unpaired) electrons. The van der Waals surface area contributed by atoms with Gasteiger partial charge < -0.3 is 5.32 Å². The molecule has 0 bridgehead atoms. The molecule has 0 atom stereocenters. The highest BCUT2D eigenvalue weighted by Crippen LogP contribution is 2.38. The molecule has 1 N–H and O–H groups in total. The average Bonchev–Trinajstić information content (AvgIpc) is 2.40. The lowest BCUT2D eigenvalue weighted by atomic mass is 10.1. The van der Waals surface area contributed by atoms with Crippen LogP contribution in [0, 0.1) is 20.8 Å². The van der Waals surface area contributed by atoms with Crippen LogP contribution in [0.1, 0.15) is 6.92 Å². The highest BCUT2D eigenvalue weighted by Gasteiger charge is 2.18. The first-order valence-corrected chi connectivity index (χ1v) is 6.40. The predicted octanol–water partition coefficient (Wildman–Crippen LogP) is 3.28. The number of amides is 1. The minimum Gasteiger partial charge on any atom is -0.326 e. The number of hydrogen-bond donors (Lipinski definition) is 1. The number of benzene rings is 2. The van der Waals surface area contributed by atoms with E-state index in [-0.39, 0.29) is 11.6 Å². The van der Waals surface area contributed by atoms with Crippen LogP contribution >= 0.6 is 11.8 Å². The molecule has 0 aromatic heterocycles. The van der Waals surface area contributed by atoms with Gasteiger partial charge in [0.05, 0.1) is 10.3 Å². The minimum atomic E-state index is -0.499. The van der Waals surface area contributed by atoms with E-state index in [9.17, 15) is 14.9 Å². The molecule has 0 saturated heterocycles. The zero-order valence-electron chi connectivity index (χ0n) is 10.4. The van der Waals surface area contributed by atoms with Crippen molar-refractivity contribution in [2.75, 3.05) is 5.32 Å². The Kier molecular flexibility index (Phi) is 3.86. The summed E-state index contributed by atoms with van der Waals surface area (Å²) in [5, 5.41) is 25.4. The molecule has 2 aromatic rings. The van der Waals surface area contributed by atoms with Gasteiger partial charge in [-0.05, 0) is 23.9 Å². The predicted molar refractivity (Wildman–Crippen MR) is 76.4 cm³/mol. The molecule has 1 amide bonds. The number of non-ortho nitro benzene ring substituents is 1. The molecule has 20 heavy (non-hydrogen) atoms. The van der Waals surface area contributed by atoms with Crippen LogP contribution in [-0.2, 0) is 4.79 Å². The van der Waals surface area contributed by atoms with Crippen molar-refractivity contribution in [2.45, 2.75) is 11.8 Å². The number of anilines is 1. The van der Waals surface area contributed by atoms with Crippen molar-refractivity contribution in [2.24, 2.45) is 0 Å². The van der Waals surface area contributed by atoms with E-state index in [2.05, 4.69) is 5.32 Å². The van der Waals surface area contributed by atoms with Crippen molar-refractivity contribution < 1.29 is 9.72 Å². The quantitative estimate of drug-likeness (QED) is 0.404. The Balaban J connectivity index is 2.81. The molecule has 2 rings (SSSR count). The van der Waals surface area contributed by atoms with E-state index in [0.29, 0.717) is 21.4 Å². The number of rotatable bonds is 3. The van der Waals surface area contributed by atoms with Gasteiger partial charge in [0.1, 0.15) is 5.40 Å². The molecule has 0 heterocycles. The molecular weight excluding hydrogens is 278 g/mol. The summed E-state index contributed by atoms with van der Waals surface area (Å²) in [7, 11) is 0. The number of carbonyl (C=O) groups is 1. The molecule has 6 nitrogen and oxygen atoms in total. The van der Waals surface area contributed by atoms with Gasteiger partial charge in [0.2, 0.25) is 5.91 Å². The largest absolute Gasteiger partial charge is 0.326 e. The molecule has 100 valence electrons. The van der Waals surface area contributed by atoms with E-state index in [1.807, 2.05) is 5.40 Å². The molecule has 0 unspecified atom stereocenters. The highest BCUT2D eigenvalue weighted by atomic mass is 32.2. The second kappa shape index (κ2) is 5.59. The molecule has 0 spiro atoms. The molecule has 0 saturated carbocycles. The van der Waals surface area contributed by atoms with Crippen molar-refractivity contribution in [3.05, 3.63) is 40.4 Å². The third kappa shape index (κ3) is 2.55. The number of thioether (sulfide) groups is 1. The molecule has 0 fully saturated rings. The van der Waals surface area contributed by atoms with Crippen LogP contribution in [0.25, 0.3) is 10.8 Å². The van der Waals surface area contributed by atoms with Crippen molar-refractivity contribution >= 4 is 39.8 Å². The summed E-state index contributed by atoms with van der Waals surface area (Å²) >= 11 is 0.852. The maximum absolute atomic E-state index is 11.2. The van der Waals surface area contributed by atoms with Crippen molar-refractivity contribution in [1.82, 2.24) is 0 Å². The Bertz CT molecular complexity index is 752. The van der Waals surface area contributed by atoms with Gasteiger partial charge >= 0.3 is 0 Å². The number of nitrogens with zero attached hydrogens (tertiary/aromatic N) is 2. The molecule has 0 aliphatic heterocycles. The Morgan fingerprint density at radius 3 is 2.75 bits per heavy atom. The van der Waals surface area contributed by atoms with E-state index in [1.54, 1.807) is 24.3 Å². The Morgan fingerprint density at radius 2 is 2.15 bits per heavy atom. The first-order valence-electron chi connectivity index (χ1n) is 5.58. The topological polar surface area (TPSA) is 96.0 Å². The van der Waals surface area contributed by atoms with Gasteiger partial charge in [-0.2, -0.15) is 5.26 Å². The summed E-state index contributed by atoms with van der Waals surface area (Å²) in [5.74, 6) is -0.265. The number of hydrogen-bond acceptors (Lipinski definition) is 5. The second-order valence-corrected chi connectivity index (χ2v) is 4.77. The number of carbonyl (C=O) groups excluding carboxylic acids is 1. The first kappa shape index (κ1) is 13.8. The van der Waals surface area contributed by atoms with Gasteiger partial charge in [0, 0.05) is 29.0 Å². The van der Waals surface area contributed by atoms with E-state index < -0.39 is 4.92 Å². The number of nitro benzene ring substituents is 1. The molecule has 2 aromatic carbocycles. The van der Waals surface area contributed by atoms with Crippen molar-refractivity contribution in [1.29, 1.82) is 5.26 Å². The zero-order chi connectivity index (χ0) is 14.7. The Hall–Kier alpha value is -2.59. The number of thiocyanates is 1. The van der Waals surface area contributed by atoms with Crippen LogP contribution in [0.2, 0.25) is 0 Å². The number of nitrogens with one attached hydrogen (secondary N) is 1. The SMILES string of the molecule is CC(=O)Nc1ccc(SC#N)c2c([N+](=O)[O-])cccc12. The zero-order valence-corrected chi connectivity index (χ0v) is 11.2. The van der Waals surface area contributed by atoms with Crippen molar-refractivity contribution in [3.63, 3.8) is 0 Å². The van der Waals surface area contributed by atoms with Crippen LogP contribution < -0.4 is 5.32 Å². The number of nitriles is 1. The van der Waals surface area contributed by atoms with Crippen LogP contribution in [0.5, 0.6) is 0 Å². The van der Waals surface area contributed by atoms with Crippen LogP contribution in [0.4, 0.5) is 11.4 Å². The van der Waals surface area contributed by atoms with Crippen LogP contribution in [0.3, 0.4) is 0 Å². The van der Waals surface area contributed by atoms with Gasteiger partial charge in [-0.1, -0.05) is 12.1 Å². The number of fused-ring (bicyclic) bond motifs is 1. The van der Waals surface area contributed by atoms with Gasteiger partial charge in [-0.25, -0.2) is 0 Å². The average molecular weight is 287 g/mol. The maximum atomic E-state index is 11.2.